The molecule has 1 aliphatic heterocycles. The molecule has 3 heterocycles. The molecule has 5 rings (SSSR count). The molecular weight excluding hydrogens is 410 g/mol. The Morgan fingerprint density at radius 3 is 2.53 bits per heavy atom. The number of halogens is 2. The maximum atomic E-state index is 14.7. The van der Waals surface area contributed by atoms with E-state index < -0.39 is 34.3 Å². The lowest BCUT2D eigenvalue weighted by molar-refractivity contribution is 0.462. The molecule has 8 heteroatoms. The minimum atomic E-state index is -0.926. The van der Waals surface area contributed by atoms with Crippen LogP contribution in [-0.4, -0.2) is 14.3 Å². The van der Waals surface area contributed by atoms with Gasteiger partial charge in [-0.05, 0) is 23.3 Å². The lowest BCUT2D eigenvalue weighted by Gasteiger charge is -2.25. The Labute approximate surface area is 172 Å². The number of fused-ring (bicyclic) bond motifs is 3. The zero-order valence-corrected chi connectivity index (χ0v) is 16.2. The molecule has 0 saturated heterocycles. The van der Waals surface area contributed by atoms with E-state index in [4.69, 9.17) is 0 Å². The summed E-state index contributed by atoms with van der Waals surface area (Å²) in [6, 6.07) is 11.9. The van der Waals surface area contributed by atoms with Crippen LogP contribution in [0.4, 0.5) is 8.78 Å². The molecule has 0 fully saturated rings. The fourth-order valence-corrected chi connectivity index (χ4v) is 5.01. The van der Waals surface area contributed by atoms with Crippen LogP contribution in [0.2, 0.25) is 0 Å². The van der Waals surface area contributed by atoms with Crippen LogP contribution in [-0.2, 0) is 5.75 Å². The first-order valence-corrected chi connectivity index (χ1v) is 10.1. The minimum Gasteiger partial charge on any atom is -0.503 e. The average molecular weight is 424 g/mol. The summed E-state index contributed by atoms with van der Waals surface area (Å²) >= 11 is 1.40. The van der Waals surface area contributed by atoms with E-state index >= 15 is 0 Å². The molecule has 5 nitrogen and oxygen atoms in total. The summed E-state index contributed by atoms with van der Waals surface area (Å²) in [4.78, 5) is 25.2. The third kappa shape index (κ3) is 2.68. The number of thioether (sulfide) groups is 1. The van der Waals surface area contributed by atoms with E-state index in [9.17, 15) is 23.5 Å². The highest BCUT2D eigenvalue weighted by atomic mass is 32.2. The normalized spacial score (nSPS) is 15.5. The summed E-state index contributed by atoms with van der Waals surface area (Å²) in [5, 5.41) is 10.2. The first-order valence-electron chi connectivity index (χ1n) is 9.11. The third-order valence-electron chi connectivity index (χ3n) is 5.29. The molecule has 2 aromatic heterocycles. The van der Waals surface area contributed by atoms with Gasteiger partial charge in [0.15, 0.2) is 22.9 Å². The van der Waals surface area contributed by atoms with Crippen LogP contribution in [0.5, 0.6) is 5.75 Å². The van der Waals surface area contributed by atoms with Gasteiger partial charge in [0.2, 0.25) is 10.9 Å². The molecule has 1 atom stereocenters. The van der Waals surface area contributed by atoms with Gasteiger partial charge in [0.05, 0.1) is 0 Å². The first kappa shape index (κ1) is 18.6. The van der Waals surface area contributed by atoms with E-state index in [-0.39, 0.29) is 16.8 Å². The largest absolute Gasteiger partial charge is 0.503 e. The molecule has 0 radical (unpaired) electrons. The lowest BCUT2D eigenvalue weighted by Crippen LogP contribution is -2.25. The molecule has 2 aromatic carbocycles. The predicted molar refractivity (Wildman–Crippen MR) is 109 cm³/mol. The Hall–Kier alpha value is -3.39. The maximum absolute atomic E-state index is 14.7. The number of aromatic nitrogens is 2. The van der Waals surface area contributed by atoms with Crippen LogP contribution in [0.3, 0.4) is 0 Å². The van der Waals surface area contributed by atoms with E-state index in [1.165, 1.54) is 40.8 Å². The van der Waals surface area contributed by atoms with Crippen molar-refractivity contribution in [1.29, 1.82) is 0 Å². The van der Waals surface area contributed by atoms with Crippen molar-refractivity contribution >= 4 is 17.3 Å². The minimum absolute atomic E-state index is 0.177. The van der Waals surface area contributed by atoms with Gasteiger partial charge >= 0.3 is 0 Å². The van der Waals surface area contributed by atoms with Crippen LogP contribution in [0, 0.1) is 11.6 Å². The van der Waals surface area contributed by atoms with Gasteiger partial charge in [-0.3, -0.25) is 18.8 Å². The fraction of sp³-hybridized carbons (Fsp3) is 0.0909. The summed E-state index contributed by atoms with van der Waals surface area (Å²) in [6.07, 6.45) is 2.90. The summed E-state index contributed by atoms with van der Waals surface area (Å²) in [5.74, 6) is -2.24. The van der Waals surface area contributed by atoms with Crippen molar-refractivity contribution in [2.75, 3.05) is 0 Å². The molecule has 30 heavy (non-hydrogen) atoms. The Morgan fingerprint density at radius 1 is 0.933 bits per heavy atom. The smallest absolute Gasteiger partial charge is 0.224 e. The second-order valence-electron chi connectivity index (χ2n) is 6.94. The van der Waals surface area contributed by atoms with Gasteiger partial charge in [0, 0.05) is 40.7 Å². The van der Waals surface area contributed by atoms with Crippen LogP contribution in [0.25, 0.3) is 5.52 Å². The van der Waals surface area contributed by atoms with Crippen molar-refractivity contribution in [3.05, 3.63) is 110 Å². The number of nitrogens with zero attached hydrogens (tertiary/aromatic N) is 2. The number of rotatable bonds is 1. The number of pyridine rings is 1. The second-order valence-corrected chi connectivity index (χ2v) is 7.96. The maximum Gasteiger partial charge on any atom is 0.224 e. The highest BCUT2D eigenvalue weighted by molar-refractivity contribution is 7.98. The molecular formula is C22H14F2N2O3S. The van der Waals surface area contributed by atoms with E-state index in [0.717, 1.165) is 22.6 Å². The van der Waals surface area contributed by atoms with E-state index in [1.54, 1.807) is 4.68 Å². The van der Waals surface area contributed by atoms with Gasteiger partial charge in [-0.15, -0.1) is 11.8 Å². The van der Waals surface area contributed by atoms with Crippen molar-refractivity contribution < 1.29 is 13.9 Å². The van der Waals surface area contributed by atoms with Gasteiger partial charge < -0.3 is 5.11 Å². The topological polar surface area (TPSA) is 63.7 Å². The highest BCUT2D eigenvalue weighted by Crippen LogP contribution is 2.42. The fourth-order valence-electron chi connectivity index (χ4n) is 3.90. The molecule has 0 amide bonds. The number of hydrogen-bond acceptors (Lipinski definition) is 4. The average Bonchev–Trinajstić information content (AvgIpc) is 2.91. The molecule has 1 unspecified atom stereocenters. The van der Waals surface area contributed by atoms with Crippen molar-refractivity contribution in [2.45, 2.75) is 16.7 Å². The van der Waals surface area contributed by atoms with E-state index in [1.807, 2.05) is 24.3 Å². The van der Waals surface area contributed by atoms with E-state index in [0.29, 0.717) is 5.56 Å². The zero-order valence-electron chi connectivity index (χ0n) is 15.4. The molecule has 1 N–H and O–H groups in total. The Bertz CT molecular complexity index is 1450. The first-order chi connectivity index (χ1) is 14.5. The van der Waals surface area contributed by atoms with Gasteiger partial charge in [0.25, 0.3) is 0 Å². The second kappa shape index (κ2) is 6.84. The van der Waals surface area contributed by atoms with Crippen LogP contribution >= 0.6 is 11.8 Å². The third-order valence-corrected chi connectivity index (χ3v) is 6.41. The molecule has 0 aliphatic carbocycles. The number of hydrogen-bond donors (Lipinski definition) is 1. The Morgan fingerprint density at radius 2 is 1.70 bits per heavy atom. The number of aromatic hydroxyl groups is 1. The highest BCUT2D eigenvalue weighted by Gasteiger charge is 2.29. The lowest BCUT2D eigenvalue weighted by atomic mass is 9.94. The van der Waals surface area contributed by atoms with Gasteiger partial charge in [-0.1, -0.05) is 24.3 Å². The Kier molecular flexibility index (Phi) is 4.25. The molecule has 1 aliphatic rings. The predicted octanol–water partition coefficient (Wildman–Crippen LogP) is 3.69. The molecule has 0 spiro atoms. The van der Waals surface area contributed by atoms with Crippen molar-refractivity contribution in [3.8, 4) is 5.75 Å². The van der Waals surface area contributed by atoms with Gasteiger partial charge in [-0.25, -0.2) is 8.78 Å². The van der Waals surface area contributed by atoms with Crippen LogP contribution in [0.15, 0.2) is 75.4 Å². The van der Waals surface area contributed by atoms with Crippen LogP contribution < -0.4 is 10.9 Å². The molecule has 0 saturated carbocycles. The van der Waals surface area contributed by atoms with Crippen molar-refractivity contribution in [1.82, 2.24) is 9.20 Å². The van der Waals surface area contributed by atoms with Gasteiger partial charge in [0.1, 0.15) is 6.04 Å². The summed E-state index contributed by atoms with van der Waals surface area (Å²) < 4.78 is 31.7. The zero-order chi connectivity index (χ0) is 21.0. The molecule has 0 bridgehead atoms. The van der Waals surface area contributed by atoms with Crippen molar-refractivity contribution in [3.63, 3.8) is 0 Å². The van der Waals surface area contributed by atoms with Crippen LogP contribution in [0.1, 0.15) is 22.7 Å². The van der Waals surface area contributed by atoms with E-state index in [2.05, 4.69) is 0 Å². The van der Waals surface area contributed by atoms with Crippen molar-refractivity contribution in [2.24, 2.45) is 0 Å². The Balaban J connectivity index is 1.92. The standard InChI is InChI=1S/C22H14F2N2O3S/c23-15-6-5-12-14(19(15)24)11-30-18-4-2-1-3-13(18)20(12)25-9-7-16(27)21-22(29)17(28)8-10-26(21)25/h1-10,20,29H,11H2. The summed E-state index contributed by atoms with van der Waals surface area (Å²) in [7, 11) is 0. The molecule has 150 valence electrons. The summed E-state index contributed by atoms with van der Waals surface area (Å²) in [5.41, 5.74) is 0.227. The molecule has 4 aromatic rings. The quantitative estimate of drug-likeness (QED) is 0.506. The summed E-state index contributed by atoms with van der Waals surface area (Å²) in [6.45, 7) is 0. The monoisotopic (exact) mass is 424 g/mol. The van der Waals surface area contributed by atoms with Gasteiger partial charge in [-0.2, -0.15) is 0 Å². The SMILES string of the molecule is O=c1ccn2c(c1O)c(=O)ccn2C1c2ccccc2SCc2c1ccc(F)c2F. The number of benzene rings is 2.